The van der Waals surface area contributed by atoms with Crippen LogP contribution in [0.1, 0.15) is 56.7 Å². The van der Waals surface area contributed by atoms with E-state index in [1.807, 2.05) is 0 Å². The van der Waals surface area contributed by atoms with E-state index in [-0.39, 0.29) is 0 Å². The van der Waals surface area contributed by atoms with Gasteiger partial charge in [-0.1, -0.05) is 6.42 Å². The number of hydrogen-bond donors (Lipinski definition) is 1. The van der Waals surface area contributed by atoms with Crippen molar-refractivity contribution >= 4 is 0 Å². The Hall–Kier alpha value is -0.940. The Labute approximate surface area is 127 Å². The molecule has 0 aromatic carbocycles. The van der Waals surface area contributed by atoms with Gasteiger partial charge >= 0.3 is 0 Å². The van der Waals surface area contributed by atoms with E-state index in [4.69, 9.17) is 0 Å². The van der Waals surface area contributed by atoms with Gasteiger partial charge in [-0.25, -0.2) is 0 Å². The molecule has 2 bridgehead atoms. The van der Waals surface area contributed by atoms with Gasteiger partial charge in [-0.3, -0.25) is 0 Å². The van der Waals surface area contributed by atoms with Crippen LogP contribution in [0.4, 0.5) is 0 Å². The molecule has 116 valence electrons. The first-order chi connectivity index (χ1) is 10.3. The maximum atomic E-state index is 4.51. The van der Waals surface area contributed by atoms with E-state index in [9.17, 15) is 0 Å². The fourth-order valence-corrected chi connectivity index (χ4v) is 4.39. The van der Waals surface area contributed by atoms with Gasteiger partial charge < -0.3 is 14.8 Å². The van der Waals surface area contributed by atoms with Crippen molar-refractivity contribution < 1.29 is 0 Å². The summed E-state index contributed by atoms with van der Waals surface area (Å²) in [6.45, 7) is 7.23. The van der Waals surface area contributed by atoms with Gasteiger partial charge in [0.05, 0.1) is 6.04 Å². The zero-order valence-electron chi connectivity index (χ0n) is 13.1. The zero-order valence-corrected chi connectivity index (χ0v) is 13.1. The van der Waals surface area contributed by atoms with Crippen molar-refractivity contribution in [3.63, 3.8) is 0 Å². The number of aromatic nitrogens is 3. The summed E-state index contributed by atoms with van der Waals surface area (Å²) in [7, 11) is 0. The van der Waals surface area contributed by atoms with Crippen molar-refractivity contribution in [1.82, 2.24) is 25.0 Å². The van der Waals surface area contributed by atoms with Gasteiger partial charge in [0.15, 0.2) is 0 Å². The topological polar surface area (TPSA) is 46.0 Å². The highest BCUT2D eigenvalue weighted by molar-refractivity contribution is 5.03. The molecule has 1 aromatic rings. The number of hydrogen-bond acceptors (Lipinski definition) is 4. The number of fused-ring (bicyclic) bond motifs is 3. The van der Waals surface area contributed by atoms with Gasteiger partial charge in [0.25, 0.3) is 0 Å². The molecule has 1 N–H and O–H groups in total. The van der Waals surface area contributed by atoms with Crippen LogP contribution in [-0.2, 0) is 13.0 Å². The Balaban J connectivity index is 1.47. The van der Waals surface area contributed by atoms with E-state index >= 15 is 0 Å². The van der Waals surface area contributed by atoms with Gasteiger partial charge in [0.1, 0.15) is 11.6 Å². The third-order valence-corrected chi connectivity index (χ3v) is 5.62. The molecule has 3 aliphatic heterocycles. The molecule has 2 fully saturated rings. The van der Waals surface area contributed by atoms with Crippen LogP contribution in [0.25, 0.3) is 0 Å². The van der Waals surface area contributed by atoms with Gasteiger partial charge in [-0.2, -0.15) is 0 Å². The number of nitrogens with one attached hydrogen (secondary N) is 1. The molecule has 5 heteroatoms. The molecule has 1 aromatic heterocycles. The Morgan fingerprint density at radius 3 is 2.95 bits per heavy atom. The summed E-state index contributed by atoms with van der Waals surface area (Å²) in [5, 5.41) is 12.8. The lowest BCUT2D eigenvalue weighted by Crippen LogP contribution is -2.45. The summed E-state index contributed by atoms with van der Waals surface area (Å²) in [4.78, 5) is 2.61. The fourth-order valence-electron chi connectivity index (χ4n) is 4.39. The second-order valence-electron chi connectivity index (χ2n) is 7.07. The van der Waals surface area contributed by atoms with Crippen molar-refractivity contribution in [3.05, 3.63) is 11.6 Å². The maximum absolute atomic E-state index is 4.51. The molecule has 3 aliphatic rings. The van der Waals surface area contributed by atoms with Crippen molar-refractivity contribution in [1.29, 1.82) is 0 Å². The number of aryl methyl sites for hydroxylation is 1. The summed E-state index contributed by atoms with van der Waals surface area (Å²) in [6, 6.07) is 0.985. The largest absolute Gasteiger partial charge is 0.314 e. The molecule has 0 amide bonds. The fraction of sp³-hybridized carbons (Fsp3) is 0.875. The predicted octanol–water partition coefficient (Wildman–Crippen LogP) is 1.75. The Bertz CT molecular complexity index is 497. The van der Waals surface area contributed by atoms with E-state index < -0.39 is 0 Å². The molecule has 0 saturated carbocycles. The average Bonchev–Trinajstić information content (AvgIpc) is 3.00. The SMILES string of the molecule is CC(NC1CCN2CCC1C2)c1nnc2n1CCCCC2. The van der Waals surface area contributed by atoms with Crippen LogP contribution >= 0.6 is 0 Å². The molecule has 2 saturated heterocycles. The van der Waals surface area contributed by atoms with Crippen molar-refractivity contribution in [2.24, 2.45) is 5.92 Å². The Morgan fingerprint density at radius 2 is 2.00 bits per heavy atom. The molecule has 5 nitrogen and oxygen atoms in total. The van der Waals surface area contributed by atoms with Gasteiger partial charge in [-0.05, 0) is 51.6 Å². The highest BCUT2D eigenvalue weighted by Gasteiger charge is 2.35. The standard InChI is InChI=1S/C16H27N5/c1-12(17-14-7-10-20-9-6-13(14)11-20)16-19-18-15-5-3-2-4-8-21(15)16/h12-14,17H,2-11H2,1H3. The molecular formula is C16H27N5. The number of nitrogens with zero attached hydrogens (tertiary/aromatic N) is 4. The molecule has 4 unspecified atom stereocenters. The smallest absolute Gasteiger partial charge is 0.149 e. The van der Waals surface area contributed by atoms with Crippen molar-refractivity contribution in [2.45, 2.75) is 64.1 Å². The molecular weight excluding hydrogens is 262 g/mol. The van der Waals surface area contributed by atoms with Gasteiger partial charge in [0.2, 0.25) is 0 Å². The molecule has 4 rings (SSSR count). The van der Waals surface area contributed by atoms with Crippen molar-refractivity contribution in [3.8, 4) is 0 Å². The normalized spacial score (nSPS) is 33.5. The van der Waals surface area contributed by atoms with Crippen molar-refractivity contribution in [2.75, 3.05) is 19.6 Å². The molecule has 4 heterocycles. The molecule has 0 aliphatic carbocycles. The minimum atomic E-state index is 0.321. The third kappa shape index (κ3) is 2.61. The van der Waals surface area contributed by atoms with Crippen LogP contribution in [0, 0.1) is 5.92 Å². The van der Waals surface area contributed by atoms with E-state index in [0.29, 0.717) is 12.1 Å². The van der Waals surface area contributed by atoms with Crippen LogP contribution in [0.3, 0.4) is 0 Å². The van der Waals surface area contributed by atoms with E-state index in [2.05, 4.69) is 31.9 Å². The van der Waals surface area contributed by atoms with Crippen LogP contribution in [-0.4, -0.2) is 45.3 Å². The highest BCUT2D eigenvalue weighted by atomic mass is 15.3. The summed E-state index contributed by atoms with van der Waals surface area (Å²) >= 11 is 0. The Morgan fingerprint density at radius 1 is 1.10 bits per heavy atom. The Kier molecular flexibility index (Phi) is 3.71. The predicted molar refractivity (Wildman–Crippen MR) is 82.1 cm³/mol. The lowest BCUT2D eigenvalue weighted by Gasteiger charge is -2.33. The first kappa shape index (κ1) is 13.7. The monoisotopic (exact) mass is 289 g/mol. The highest BCUT2D eigenvalue weighted by Crippen LogP contribution is 2.29. The lowest BCUT2D eigenvalue weighted by atomic mass is 9.93. The minimum Gasteiger partial charge on any atom is -0.314 e. The molecule has 4 atom stereocenters. The second-order valence-corrected chi connectivity index (χ2v) is 7.07. The van der Waals surface area contributed by atoms with Crippen LogP contribution in [0.15, 0.2) is 0 Å². The molecule has 21 heavy (non-hydrogen) atoms. The van der Waals surface area contributed by atoms with Gasteiger partial charge in [0, 0.05) is 25.6 Å². The lowest BCUT2D eigenvalue weighted by molar-refractivity contribution is 0.210. The summed E-state index contributed by atoms with van der Waals surface area (Å²) in [5.74, 6) is 3.20. The first-order valence-electron chi connectivity index (χ1n) is 8.71. The second kappa shape index (κ2) is 5.69. The number of piperidine rings is 1. The molecule has 0 spiro atoms. The summed E-state index contributed by atoms with van der Waals surface area (Å²) < 4.78 is 2.38. The first-order valence-corrected chi connectivity index (χ1v) is 8.71. The van der Waals surface area contributed by atoms with Crippen LogP contribution < -0.4 is 5.32 Å². The van der Waals surface area contributed by atoms with E-state index in [1.54, 1.807) is 0 Å². The number of rotatable bonds is 3. The van der Waals surface area contributed by atoms with Crippen LogP contribution in [0.5, 0.6) is 0 Å². The van der Waals surface area contributed by atoms with Crippen LogP contribution in [0.2, 0.25) is 0 Å². The maximum Gasteiger partial charge on any atom is 0.149 e. The summed E-state index contributed by atoms with van der Waals surface area (Å²) in [6.07, 6.45) is 7.61. The van der Waals surface area contributed by atoms with Gasteiger partial charge in [-0.15, -0.1) is 10.2 Å². The third-order valence-electron chi connectivity index (χ3n) is 5.62. The molecule has 0 radical (unpaired) electrons. The van der Waals surface area contributed by atoms with E-state index in [0.717, 1.165) is 24.7 Å². The average molecular weight is 289 g/mol. The minimum absolute atomic E-state index is 0.321. The quantitative estimate of drug-likeness (QED) is 0.921. The summed E-state index contributed by atoms with van der Waals surface area (Å²) in [5.41, 5.74) is 0. The zero-order chi connectivity index (χ0) is 14.2. The van der Waals surface area contributed by atoms with E-state index in [1.165, 1.54) is 57.6 Å².